The molecule has 2 aliphatic rings. The number of amides is 1. The normalized spacial score (nSPS) is 20.5. The van der Waals surface area contributed by atoms with E-state index in [2.05, 4.69) is 4.90 Å². The van der Waals surface area contributed by atoms with E-state index < -0.39 is 0 Å². The van der Waals surface area contributed by atoms with Crippen LogP contribution in [0.25, 0.3) is 0 Å². The first-order chi connectivity index (χ1) is 13.6. The number of halogens is 1. The van der Waals surface area contributed by atoms with Crippen LogP contribution in [0.15, 0.2) is 48.5 Å². The quantitative estimate of drug-likeness (QED) is 0.814. The molecule has 2 aromatic carbocycles. The molecule has 2 aromatic rings. The van der Waals surface area contributed by atoms with Crippen molar-refractivity contribution in [1.29, 1.82) is 0 Å². The number of thioether (sulfide) groups is 1. The van der Waals surface area contributed by atoms with Crippen LogP contribution in [0.1, 0.15) is 10.9 Å². The second kappa shape index (κ2) is 8.41. The molecule has 2 saturated heterocycles. The fourth-order valence-corrected chi connectivity index (χ4v) is 5.19. The maximum absolute atomic E-state index is 14.2. The Morgan fingerprint density at radius 1 is 1.11 bits per heavy atom. The summed E-state index contributed by atoms with van der Waals surface area (Å²) in [7, 11) is 0. The molecule has 0 unspecified atom stereocenters. The molecule has 1 atom stereocenters. The van der Waals surface area contributed by atoms with Crippen molar-refractivity contribution in [2.45, 2.75) is 5.37 Å². The second-order valence-electron chi connectivity index (χ2n) is 7.26. The van der Waals surface area contributed by atoms with Gasteiger partial charge in [0.15, 0.2) is 6.54 Å². The standard InChI is InChI=1S/C21H24FN3O2S/c22-19-4-2-1-3-18(19)21-25(13-14-28-21)20(27)15-23-9-11-24(12-10-23)16-5-7-17(26)8-6-16/h1-8,21,26H,9-15H2/p+1/t21-/m1/s1. The summed E-state index contributed by atoms with van der Waals surface area (Å²) in [5.74, 6) is 0.974. The number of phenols is 1. The molecule has 0 bridgehead atoms. The van der Waals surface area contributed by atoms with E-state index in [1.165, 1.54) is 11.0 Å². The van der Waals surface area contributed by atoms with Gasteiger partial charge in [-0.15, -0.1) is 11.8 Å². The van der Waals surface area contributed by atoms with Crippen molar-refractivity contribution in [1.82, 2.24) is 4.90 Å². The number of phenolic OH excluding ortho intramolecular Hbond substituents is 1. The fourth-order valence-electron chi connectivity index (χ4n) is 3.90. The molecule has 5 nitrogen and oxygen atoms in total. The van der Waals surface area contributed by atoms with Crippen LogP contribution < -0.4 is 9.80 Å². The number of carbonyl (C=O) groups is 1. The number of aromatic hydroxyl groups is 1. The zero-order chi connectivity index (χ0) is 19.5. The lowest BCUT2D eigenvalue weighted by molar-refractivity contribution is -0.892. The first kappa shape index (κ1) is 19.1. The van der Waals surface area contributed by atoms with E-state index in [0.29, 0.717) is 18.7 Å². The molecule has 4 rings (SSSR count). The number of anilines is 1. The summed E-state index contributed by atoms with van der Waals surface area (Å²) in [4.78, 5) is 18.3. The molecule has 0 radical (unpaired) electrons. The maximum atomic E-state index is 14.2. The minimum Gasteiger partial charge on any atom is -0.508 e. The van der Waals surface area contributed by atoms with Crippen LogP contribution in [0.4, 0.5) is 10.1 Å². The first-order valence-electron chi connectivity index (χ1n) is 9.65. The second-order valence-corrected chi connectivity index (χ2v) is 8.45. The van der Waals surface area contributed by atoms with Gasteiger partial charge in [0.25, 0.3) is 5.91 Å². The van der Waals surface area contributed by atoms with Crippen LogP contribution in [0, 0.1) is 5.82 Å². The van der Waals surface area contributed by atoms with Crippen LogP contribution in [0.2, 0.25) is 0 Å². The zero-order valence-electron chi connectivity index (χ0n) is 15.7. The van der Waals surface area contributed by atoms with Gasteiger partial charge in [-0.25, -0.2) is 4.39 Å². The van der Waals surface area contributed by atoms with Gasteiger partial charge in [0.2, 0.25) is 0 Å². The van der Waals surface area contributed by atoms with Gasteiger partial charge in [-0.1, -0.05) is 18.2 Å². The number of quaternary nitrogens is 1. The van der Waals surface area contributed by atoms with Gasteiger partial charge in [0.05, 0.1) is 26.2 Å². The lowest BCUT2D eigenvalue weighted by Gasteiger charge is -2.34. The van der Waals surface area contributed by atoms with Gasteiger partial charge in [-0.05, 0) is 30.3 Å². The van der Waals surface area contributed by atoms with E-state index in [1.54, 1.807) is 36.0 Å². The average molecular weight is 403 g/mol. The largest absolute Gasteiger partial charge is 0.508 e. The SMILES string of the molecule is O=C(C[NH+]1CCN(c2ccc(O)cc2)CC1)N1CCS[C@@H]1c1ccccc1F. The molecule has 0 spiro atoms. The lowest BCUT2D eigenvalue weighted by Crippen LogP contribution is -3.15. The predicted octanol–water partition coefficient (Wildman–Crippen LogP) is 1.51. The molecule has 7 heteroatoms. The molecule has 0 aromatic heterocycles. The van der Waals surface area contributed by atoms with E-state index in [1.807, 2.05) is 23.1 Å². The molecular formula is C21H25FN3O2S+. The van der Waals surface area contributed by atoms with Crippen molar-refractivity contribution >= 4 is 23.4 Å². The smallest absolute Gasteiger partial charge is 0.278 e. The number of nitrogens with zero attached hydrogens (tertiary/aromatic N) is 2. The van der Waals surface area contributed by atoms with E-state index in [4.69, 9.17) is 0 Å². The molecular weight excluding hydrogens is 377 g/mol. The van der Waals surface area contributed by atoms with Crippen molar-refractivity contribution in [3.8, 4) is 5.75 Å². The van der Waals surface area contributed by atoms with Crippen molar-refractivity contribution in [3.63, 3.8) is 0 Å². The number of hydrogen-bond donors (Lipinski definition) is 2. The van der Waals surface area contributed by atoms with Gasteiger partial charge in [0.1, 0.15) is 16.9 Å². The van der Waals surface area contributed by atoms with Crippen LogP contribution >= 0.6 is 11.8 Å². The number of hydrogen-bond acceptors (Lipinski definition) is 4. The molecule has 2 N–H and O–H groups in total. The fraction of sp³-hybridized carbons (Fsp3) is 0.381. The van der Waals surface area contributed by atoms with Gasteiger partial charge in [-0.2, -0.15) is 0 Å². The van der Waals surface area contributed by atoms with Gasteiger partial charge in [0, 0.05) is 23.5 Å². The summed E-state index contributed by atoms with van der Waals surface area (Å²) in [5.41, 5.74) is 1.70. The number of nitrogens with one attached hydrogen (secondary N) is 1. The Kier molecular flexibility index (Phi) is 5.73. The highest BCUT2D eigenvalue weighted by Gasteiger charge is 2.34. The van der Waals surface area contributed by atoms with Crippen LogP contribution in [-0.4, -0.2) is 60.9 Å². The Balaban J connectivity index is 1.34. The highest BCUT2D eigenvalue weighted by Crippen LogP contribution is 2.38. The summed E-state index contributed by atoms with van der Waals surface area (Å²) in [6.45, 7) is 4.65. The average Bonchev–Trinajstić information content (AvgIpc) is 3.19. The molecule has 2 heterocycles. The lowest BCUT2D eigenvalue weighted by atomic mass is 10.2. The number of rotatable bonds is 4. The Bertz CT molecular complexity index is 825. The third kappa shape index (κ3) is 4.10. The molecule has 28 heavy (non-hydrogen) atoms. The molecule has 1 amide bonds. The van der Waals surface area contributed by atoms with Gasteiger partial charge >= 0.3 is 0 Å². The minimum absolute atomic E-state index is 0.103. The summed E-state index contributed by atoms with van der Waals surface area (Å²) in [6, 6.07) is 14.0. The van der Waals surface area contributed by atoms with E-state index in [-0.39, 0.29) is 22.8 Å². The highest BCUT2D eigenvalue weighted by atomic mass is 32.2. The van der Waals surface area contributed by atoms with Crippen molar-refractivity contribution in [3.05, 3.63) is 59.9 Å². The maximum Gasteiger partial charge on any atom is 0.278 e. The molecule has 0 saturated carbocycles. The summed E-state index contributed by atoms with van der Waals surface area (Å²) in [5, 5.41) is 9.21. The Hall–Kier alpha value is -2.25. The third-order valence-corrected chi connectivity index (χ3v) is 6.71. The first-order valence-corrected chi connectivity index (χ1v) is 10.7. The topological polar surface area (TPSA) is 48.2 Å². The monoisotopic (exact) mass is 402 g/mol. The van der Waals surface area contributed by atoms with Crippen LogP contribution in [-0.2, 0) is 4.79 Å². The number of benzene rings is 2. The van der Waals surface area contributed by atoms with Crippen molar-refractivity contribution < 1.29 is 19.2 Å². The Morgan fingerprint density at radius 2 is 1.82 bits per heavy atom. The van der Waals surface area contributed by atoms with Crippen molar-refractivity contribution in [2.24, 2.45) is 0 Å². The van der Waals surface area contributed by atoms with Crippen LogP contribution in [0.5, 0.6) is 5.75 Å². The van der Waals surface area contributed by atoms with E-state index >= 15 is 0 Å². The van der Waals surface area contributed by atoms with Crippen LogP contribution in [0.3, 0.4) is 0 Å². The Morgan fingerprint density at radius 3 is 2.54 bits per heavy atom. The third-order valence-electron chi connectivity index (χ3n) is 5.47. The predicted molar refractivity (Wildman–Crippen MR) is 109 cm³/mol. The van der Waals surface area contributed by atoms with E-state index in [0.717, 1.165) is 37.6 Å². The summed E-state index contributed by atoms with van der Waals surface area (Å²) < 4.78 is 14.2. The molecule has 2 fully saturated rings. The molecule has 0 aliphatic carbocycles. The number of piperazine rings is 1. The molecule has 148 valence electrons. The summed E-state index contributed by atoms with van der Waals surface area (Å²) in [6.07, 6.45) is 0. The zero-order valence-corrected chi connectivity index (χ0v) is 16.5. The minimum atomic E-state index is -0.241. The van der Waals surface area contributed by atoms with E-state index in [9.17, 15) is 14.3 Å². The highest BCUT2D eigenvalue weighted by molar-refractivity contribution is 7.99. The Labute approximate surface area is 168 Å². The summed E-state index contributed by atoms with van der Waals surface area (Å²) >= 11 is 1.63. The van der Waals surface area contributed by atoms with Gasteiger partial charge in [-0.3, -0.25) is 4.79 Å². The van der Waals surface area contributed by atoms with Crippen molar-refractivity contribution in [2.75, 3.05) is 49.9 Å². The number of carbonyl (C=O) groups excluding carboxylic acids is 1. The van der Waals surface area contributed by atoms with Gasteiger partial charge < -0.3 is 19.8 Å². The molecule has 2 aliphatic heterocycles.